The van der Waals surface area contributed by atoms with Crippen LogP contribution in [0.25, 0.3) is 242 Å². The van der Waals surface area contributed by atoms with Crippen molar-refractivity contribution in [2.45, 2.75) is 0 Å². The highest BCUT2D eigenvalue weighted by Gasteiger charge is 2.23. The highest BCUT2D eigenvalue weighted by molar-refractivity contribution is 6.24. The molecular formula is C131H87N5. The first-order valence-electron chi connectivity index (χ1n) is 46.7. The molecule has 0 saturated heterocycles. The zero-order valence-electron chi connectivity index (χ0n) is 74.5. The predicted octanol–water partition coefficient (Wildman–Crippen LogP) is 35.5. The molecular weight excluding hydrogens is 1640 g/mol. The predicted molar refractivity (Wildman–Crippen MR) is 579 cm³/mol. The SMILES string of the molecule is c1cc(-c2cccc(-c3cccc(-n4c5ccccc5c5ccccc54)c3)n2)cc(-n2c3ccccc3c3ccccc32)c1.c1cc(-n2c3ccccc3c3ccccc32)cc(-n2c3ccccc3c3ccccc32)c1.c1ccc(-c2c3ccccc3c(-c3ccccc3)c3ccccc23)cc1.c1ccc2cc(-c3c4ccccc4c(-c4ccc5ccccc5c4)c4ccccc34)ccc2c1. The fourth-order valence-electron chi connectivity index (χ4n) is 21.3. The molecule has 0 radical (unpaired) electrons. The summed E-state index contributed by atoms with van der Waals surface area (Å²) in [7, 11) is 0. The number of benzene rings is 23. The van der Waals surface area contributed by atoms with E-state index in [1.54, 1.807) is 0 Å². The molecule has 0 amide bonds. The molecule has 5 nitrogen and oxygen atoms in total. The minimum atomic E-state index is 0.951. The van der Waals surface area contributed by atoms with E-state index in [1.165, 1.54) is 208 Å². The van der Waals surface area contributed by atoms with Gasteiger partial charge in [0.25, 0.3) is 0 Å². The molecule has 0 aliphatic rings. The first-order valence-corrected chi connectivity index (χ1v) is 46.7. The summed E-state index contributed by atoms with van der Waals surface area (Å²) in [5.41, 5.74) is 28.7. The lowest BCUT2D eigenvalue weighted by molar-refractivity contribution is 1.13. The monoisotopic (exact) mass is 1730 g/mol. The first-order chi connectivity index (χ1) is 67.5. The summed E-state index contributed by atoms with van der Waals surface area (Å²) in [4.78, 5) is 5.19. The average Bonchev–Trinajstić information content (AvgIpc) is 1.36. The Bertz CT molecular complexity index is 8650. The van der Waals surface area contributed by atoms with Crippen molar-refractivity contribution in [3.8, 4) is 89.8 Å². The highest BCUT2D eigenvalue weighted by Crippen LogP contribution is 2.48. The number of rotatable bonds is 10. The van der Waals surface area contributed by atoms with Crippen molar-refractivity contribution in [3.63, 3.8) is 0 Å². The smallest absolute Gasteiger partial charge is 0.0710 e. The lowest BCUT2D eigenvalue weighted by Gasteiger charge is -2.18. The summed E-state index contributed by atoms with van der Waals surface area (Å²) in [5, 5.41) is 25.6. The second-order valence-electron chi connectivity index (χ2n) is 35.0. The van der Waals surface area contributed by atoms with Gasteiger partial charge < -0.3 is 18.3 Å². The van der Waals surface area contributed by atoms with Crippen LogP contribution in [-0.4, -0.2) is 23.3 Å². The molecule has 5 heteroatoms. The van der Waals surface area contributed by atoms with Crippen LogP contribution in [0.2, 0.25) is 0 Å². The maximum absolute atomic E-state index is 5.19. The van der Waals surface area contributed by atoms with Gasteiger partial charge in [-0.05, 0) is 224 Å². The molecule has 5 aromatic heterocycles. The Morgan fingerprint density at radius 1 is 0.118 bits per heavy atom. The molecule has 28 aromatic rings. The van der Waals surface area contributed by atoms with Gasteiger partial charge in [-0.1, -0.05) is 413 Å². The molecule has 636 valence electrons. The Morgan fingerprint density at radius 2 is 0.316 bits per heavy atom. The molecule has 23 aromatic carbocycles. The number of hydrogen-bond donors (Lipinski definition) is 0. The summed E-state index contributed by atoms with van der Waals surface area (Å²) < 4.78 is 9.46. The number of nitrogens with zero attached hydrogens (tertiary/aromatic N) is 5. The molecule has 0 aliphatic heterocycles. The Hall–Kier alpha value is -18.0. The number of aromatic nitrogens is 5. The number of hydrogen-bond acceptors (Lipinski definition) is 1. The van der Waals surface area contributed by atoms with Crippen LogP contribution in [0, 0.1) is 0 Å². The van der Waals surface area contributed by atoms with Crippen LogP contribution < -0.4 is 0 Å². The summed E-state index contributed by atoms with van der Waals surface area (Å²) in [6, 6.07) is 189. The van der Waals surface area contributed by atoms with Gasteiger partial charge in [0.15, 0.2) is 0 Å². The molecule has 0 fully saturated rings. The summed E-state index contributed by atoms with van der Waals surface area (Å²) in [6.45, 7) is 0. The second kappa shape index (κ2) is 34.4. The van der Waals surface area contributed by atoms with Crippen LogP contribution in [0.15, 0.2) is 528 Å². The Labute approximate surface area is 787 Å². The molecule has 0 saturated carbocycles. The molecule has 136 heavy (non-hydrogen) atoms. The van der Waals surface area contributed by atoms with E-state index in [1.807, 2.05) is 0 Å². The fourth-order valence-corrected chi connectivity index (χ4v) is 21.3. The van der Waals surface area contributed by atoms with E-state index in [0.29, 0.717) is 0 Å². The van der Waals surface area contributed by atoms with Crippen molar-refractivity contribution < 1.29 is 0 Å². The van der Waals surface area contributed by atoms with Crippen LogP contribution in [0.1, 0.15) is 0 Å². The van der Waals surface area contributed by atoms with Crippen molar-refractivity contribution in [1.29, 1.82) is 0 Å². The van der Waals surface area contributed by atoms with E-state index in [9.17, 15) is 0 Å². The Balaban J connectivity index is 0.0000000982. The lowest BCUT2D eigenvalue weighted by Crippen LogP contribution is -1.98. The fraction of sp³-hybridized carbons (Fsp3) is 0. The zero-order valence-corrected chi connectivity index (χ0v) is 74.5. The second-order valence-corrected chi connectivity index (χ2v) is 35.0. The van der Waals surface area contributed by atoms with E-state index < -0.39 is 0 Å². The molecule has 28 rings (SSSR count). The molecule has 0 bridgehead atoms. The maximum Gasteiger partial charge on any atom is 0.0710 e. The maximum atomic E-state index is 5.19. The molecule has 0 spiro atoms. The van der Waals surface area contributed by atoms with Crippen LogP contribution in [0.5, 0.6) is 0 Å². The van der Waals surface area contributed by atoms with Gasteiger partial charge in [0.1, 0.15) is 0 Å². The van der Waals surface area contributed by atoms with Crippen molar-refractivity contribution in [2.75, 3.05) is 0 Å². The van der Waals surface area contributed by atoms with Crippen LogP contribution >= 0.6 is 0 Å². The first kappa shape index (κ1) is 80.1. The van der Waals surface area contributed by atoms with Gasteiger partial charge in [-0.3, -0.25) is 0 Å². The number of fused-ring (bicyclic) bond motifs is 18. The van der Waals surface area contributed by atoms with Gasteiger partial charge in [0, 0.05) is 77.0 Å². The quantitative estimate of drug-likeness (QED) is 0.126. The van der Waals surface area contributed by atoms with Gasteiger partial charge in [-0.15, -0.1) is 0 Å². The van der Waals surface area contributed by atoms with Gasteiger partial charge in [0.2, 0.25) is 0 Å². The Kier molecular flexibility index (Phi) is 20.2. The molecule has 5 heterocycles. The minimum absolute atomic E-state index is 0.951. The topological polar surface area (TPSA) is 32.6 Å². The van der Waals surface area contributed by atoms with E-state index in [0.717, 1.165) is 33.9 Å². The standard InChI is InChI=1S/C41H27N3.C34H22.C30H20N2.C26H18/c1-5-22-38-32(16-1)33-17-2-6-23-39(33)43(38)30-14-9-12-28(26-30)36-20-11-21-37(42-36)29-13-10-15-31(27-29)44-40-24-7-3-18-34(40)35-19-4-8-25-41(35)44;1-3-11-25-21-27(19-17-23(25)9-1)33-29-13-5-7-15-31(29)34(32-16-8-6-14-30(32)33)28-20-18-24-10-2-4-12-26(24)22-28;1-5-16-27-23(12-1)24-13-2-6-17-28(24)31(27)21-10-9-11-22(20-21)32-29-18-7-3-14-25(29)26-15-4-8-19-30(26)32;1-3-11-19(12-4-1)25-21-15-7-9-17-23(21)26(20-13-5-2-6-14-20)24-18-10-8-16-22(24)25/h1-27H;1-22H;1-20H;1-18H. The lowest BCUT2D eigenvalue weighted by atomic mass is 9.85. The summed E-state index contributed by atoms with van der Waals surface area (Å²) in [5.74, 6) is 0. The van der Waals surface area contributed by atoms with Crippen molar-refractivity contribution in [3.05, 3.63) is 528 Å². The normalized spacial score (nSPS) is 11.5. The molecule has 0 atom stereocenters. The number of para-hydroxylation sites is 8. The zero-order chi connectivity index (χ0) is 89.9. The van der Waals surface area contributed by atoms with Crippen molar-refractivity contribution in [2.24, 2.45) is 0 Å². The average molecular weight is 1730 g/mol. The van der Waals surface area contributed by atoms with E-state index in [-0.39, 0.29) is 0 Å². The molecule has 0 aliphatic carbocycles. The highest BCUT2D eigenvalue weighted by atomic mass is 15.0. The Morgan fingerprint density at radius 3 is 0.588 bits per heavy atom. The molecule has 0 N–H and O–H groups in total. The van der Waals surface area contributed by atoms with E-state index in [4.69, 9.17) is 4.98 Å². The van der Waals surface area contributed by atoms with Gasteiger partial charge in [0.05, 0.1) is 55.5 Å². The van der Waals surface area contributed by atoms with Crippen molar-refractivity contribution in [1.82, 2.24) is 23.3 Å². The third kappa shape index (κ3) is 14.1. The van der Waals surface area contributed by atoms with Crippen LogP contribution in [0.3, 0.4) is 0 Å². The van der Waals surface area contributed by atoms with Crippen LogP contribution in [0.4, 0.5) is 0 Å². The summed E-state index contributed by atoms with van der Waals surface area (Å²) >= 11 is 0. The van der Waals surface area contributed by atoms with E-state index in [2.05, 4.69) is 546 Å². The largest absolute Gasteiger partial charge is 0.309 e. The molecule has 0 unspecified atom stereocenters. The minimum Gasteiger partial charge on any atom is -0.309 e. The van der Waals surface area contributed by atoms with Gasteiger partial charge in [-0.2, -0.15) is 0 Å². The third-order valence-corrected chi connectivity index (χ3v) is 27.3. The number of pyridine rings is 1. The van der Waals surface area contributed by atoms with Crippen LogP contribution in [-0.2, 0) is 0 Å². The van der Waals surface area contributed by atoms with E-state index >= 15 is 0 Å². The van der Waals surface area contributed by atoms with Gasteiger partial charge >= 0.3 is 0 Å². The third-order valence-electron chi connectivity index (χ3n) is 27.3. The van der Waals surface area contributed by atoms with Crippen molar-refractivity contribution >= 4 is 152 Å². The summed E-state index contributed by atoms with van der Waals surface area (Å²) in [6.07, 6.45) is 0. The van der Waals surface area contributed by atoms with Gasteiger partial charge in [-0.25, -0.2) is 4.98 Å².